The molecule has 2 N–H and O–H groups in total. The monoisotopic (exact) mass is 239 g/mol. The normalized spacial score (nSPS) is 13.2. The Labute approximate surface area is 104 Å². The lowest BCUT2D eigenvalue weighted by atomic mass is 10.1. The average Bonchev–Trinajstić information content (AvgIpc) is 2.65. The average molecular weight is 239 g/mol. The van der Waals surface area contributed by atoms with Crippen molar-refractivity contribution in [2.45, 2.75) is 52.8 Å². The second-order valence-corrected chi connectivity index (χ2v) is 4.99. The number of aromatic nitrogens is 2. The molecular formula is C13H25N3O. The Morgan fingerprint density at radius 2 is 2.24 bits per heavy atom. The standard InChI is InChI=1S/C13H25N3O/c1-4-5-16-10-15-8-12(16)7-14-9-13(17)6-11(2)3/h8,10-11,13-14,17H,4-7,9H2,1-3H3. The van der Waals surface area contributed by atoms with Crippen molar-refractivity contribution < 1.29 is 5.11 Å². The molecule has 0 amide bonds. The predicted octanol–water partition coefficient (Wildman–Crippen LogP) is 1.79. The molecule has 0 aromatic carbocycles. The Balaban J connectivity index is 2.28. The van der Waals surface area contributed by atoms with Crippen LogP contribution in [0.3, 0.4) is 0 Å². The topological polar surface area (TPSA) is 50.1 Å². The summed E-state index contributed by atoms with van der Waals surface area (Å²) in [6, 6.07) is 0. The number of nitrogens with zero attached hydrogens (tertiary/aromatic N) is 2. The smallest absolute Gasteiger partial charge is 0.0948 e. The van der Waals surface area contributed by atoms with Gasteiger partial charge in [0.25, 0.3) is 0 Å². The Kier molecular flexibility index (Phi) is 6.22. The highest BCUT2D eigenvalue weighted by Crippen LogP contribution is 2.04. The number of aliphatic hydroxyl groups is 1. The molecule has 0 spiro atoms. The molecule has 1 heterocycles. The molecule has 1 aromatic rings. The molecule has 1 atom stereocenters. The van der Waals surface area contributed by atoms with Crippen molar-refractivity contribution in [2.75, 3.05) is 6.54 Å². The van der Waals surface area contributed by atoms with E-state index < -0.39 is 0 Å². The number of hydrogen-bond donors (Lipinski definition) is 2. The summed E-state index contributed by atoms with van der Waals surface area (Å²) in [5.41, 5.74) is 1.18. The molecule has 0 radical (unpaired) electrons. The SMILES string of the molecule is CCCn1cncc1CNCC(O)CC(C)C. The molecule has 0 aliphatic carbocycles. The fraction of sp³-hybridized carbons (Fsp3) is 0.769. The van der Waals surface area contributed by atoms with Gasteiger partial charge in [0, 0.05) is 25.8 Å². The van der Waals surface area contributed by atoms with Crippen LogP contribution < -0.4 is 5.32 Å². The first-order chi connectivity index (χ1) is 8.13. The van der Waals surface area contributed by atoms with E-state index >= 15 is 0 Å². The lowest BCUT2D eigenvalue weighted by Crippen LogP contribution is -2.28. The van der Waals surface area contributed by atoms with Gasteiger partial charge in [0.15, 0.2) is 0 Å². The van der Waals surface area contributed by atoms with Crippen LogP contribution in [0.1, 0.15) is 39.3 Å². The van der Waals surface area contributed by atoms with E-state index in [1.54, 1.807) is 0 Å². The van der Waals surface area contributed by atoms with E-state index in [1.165, 1.54) is 5.69 Å². The molecule has 1 rings (SSSR count). The van der Waals surface area contributed by atoms with Gasteiger partial charge >= 0.3 is 0 Å². The van der Waals surface area contributed by atoms with Gasteiger partial charge < -0.3 is 15.0 Å². The Morgan fingerprint density at radius 1 is 1.47 bits per heavy atom. The number of aryl methyl sites for hydroxylation is 1. The third kappa shape index (κ3) is 5.33. The first kappa shape index (κ1) is 14.2. The highest BCUT2D eigenvalue weighted by Gasteiger charge is 2.07. The summed E-state index contributed by atoms with van der Waals surface area (Å²) in [6.07, 6.45) is 5.46. The first-order valence-corrected chi connectivity index (χ1v) is 6.51. The van der Waals surface area contributed by atoms with Crippen molar-refractivity contribution in [1.82, 2.24) is 14.9 Å². The summed E-state index contributed by atoms with van der Waals surface area (Å²) in [6.45, 7) is 8.83. The molecule has 4 heteroatoms. The van der Waals surface area contributed by atoms with Gasteiger partial charge in [-0.3, -0.25) is 0 Å². The van der Waals surface area contributed by atoms with E-state index in [9.17, 15) is 5.11 Å². The summed E-state index contributed by atoms with van der Waals surface area (Å²) < 4.78 is 2.15. The second kappa shape index (κ2) is 7.45. The van der Waals surface area contributed by atoms with Crippen LogP contribution in [-0.2, 0) is 13.1 Å². The van der Waals surface area contributed by atoms with E-state index in [-0.39, 0.29) is 6.10 Å². The summed E-state index contributed by atoms with van der Waals surface area (Å²) in [5, 5.41) is 13.0. The maximum absolute atomic E-state index is 9.74. The molecule has 0 bridgehead atoms. The van der Waals surface area contributed by atoms with Gasteiger partial charge in [-0.1, -0.05) is 20.8 Å². The van der Waals surface area contributed by atoms with E-state index in [2.05, 4.69) is 35.6 Å². The maximum Gasteiger partial charge on any atom is 0.0948 e. The van der Waals surface area contributed by atoms with Crippen LogP contribution in [0.5, 0.6) is 0 Å². The molecule has 4 nitrogen and oxygen atoms in total. The number of hydrogen-bond acceptors (Lipinski definition) is 3. The lowest BCUT2D eigenvalue weighted by molar-refractivity contribution is 0.146. The lowest BCUT2D eigenvalue weighted by Gasteiger charge is -2.14. The number of nitrogens with one attached hydrogen (secondary N) is 1. The van der Waals surface area contributed by atoms with Crippen molar-refractivity contribution in [3.05, 3.63) is 18.2 Å². The van der Waals surface area contributed by atoms with Crippen molar-refractivity contribution in [2.24, 2.45) is 5.92 Å². The van der Waals surface area contributed by atoms with E-state index in [4.69, 9.17) is 0 Å². The van der Waals surface area contributed by atoms with E-state index in [0.29, 0.717) is 12.5 Å². The van der Waals surface area contributed by atoms with Crippen LogP contribution in [0.2, 0.25) is 0 Å². The van der Waals surface area contributed by atoms with Gasteiger partial charge in [0.1, 0.15) is 0 Å². The van der Waals surface area contributed by atoms with Gasteiger partial charge in [0.05, 0.1) is 18.1 Å². The van der Waals surface area contributed by atoms with Gasteiger partial charge in [0.2, 0.25) is 0 Å². The molecule has 1 unspecified atom stereocenters. The Hall–Kier alpha value is -0.870. The molecule has 98 valence electrons. The molecule has 0 saturated carbocycles. The number of aliphatic hydroxyl groups excluding tert-OH is 1. The van der Waals surface area contributed by atoms with Crippen LogP contribution in [0.25, 0.3) is 0 Å². The van der Waals surface area contributed by atoms with Crippen LogP contribution >= 0.6 is 0 Å². The Bertz CT molecular complexity index is 309. The van der Waals surface area contributed by atoms with Crippen LogP contribution in [-0.4, -0.2) is 27.3 Å². The number of rotatable bonds is 8. The third-order valence-electron chi connectivity index (χ3n) is 2.69. The van der Waals surface area contributed by atoms with Crippen molar-refractivity contribution in [3.8, 4) is 0 Å². The highest BCUT2D eigenvalue weighted by atomic mass is 16.3. The van der Waals surface area contributed by atoms with Crippen LogP contribution in [0.15, 0.2) is 12.5 Å². The molecule has 0 aliphatic heterocycles. The fourth-order valence-electron chi connectivity index (χ4n) is 1.93. The second-order valence-electron chi connectivity index (χ2n) is 4.99. The van der Waals surface area contributed by atoms with Gasteiger partial charge in [-0.2, -0.15) is 0 Å². The van der Waals surface area contributed by atoms with Crippen molar-refractivity contribution in [1.29, 1.82) is 0 Å². The van der Waals surface area contributed by atoms with Crippen LogP contribution in [0.4, 0.5) is 0 Å². The van der Waals surface area contributed by atoms with Gasteiger partial charge in [-0.05, 0) is 18.8 Å². The zero-order valence-corrected chi connectivity index (χ0v) is 11.2. The third-order valence-corrected chi connectivity index (χ3v) is 2.69. The predicted molar refractivity (Wildman–Crippen MR) is 69.7 cm³/mol. The Morgan fingerprint density at radius 3 is 2.88 bits per heavy atom. The molecule has 17 heavy (non-hydrogen) atoms. The summed E-state index contributed by atoms with van der Waals surface area (Å²) in [7, 11) is 0. The fourth-order valence-corrected chi connectivity index (χ4v) is 1.93. The summed E-state index contributed by atoms with van der Waals surface area (Å²) >= 11 is 0. The minimum atomic E-state index is -0.252. The summed E-state index contributed by atoms with van der Waals surface area (Å²) in [4.78, 5) is 4.15. The van der Waals surface area contributed by atoms with Crippen molar-refractivity contribution >= 4 is 0 Å². The molecule has 0 fully saturated rings. The first-order valence-electron chi connectivity index (χ1n) is 6.51. The number of imidazole rings is 1. The minimum Gasteiger partial charge on any atom is -0.392 e. The molecular weight excluding hydrogens is 214 g/mol. The van der Waals surface area contributed by atoms with E-state index in [0.717, 1.165) is 25.9 Å². The maximum atomic E-state index is 9.74. The molecule has 0 saturated heterocycles. The minimum absolute atomic E-state index is 0.252. The summed E-state index contributed by atoms with van der Waals surface area (Å²) in [5.74, 6) is 0.539. The molecule has 0 aliphatic rings. The largest absolute Gasteiger partial charge is 0.392 e. The van der Waals surface area contributed by atoms with Crippen LogP contribution in [0, 0.1) is 5.92 Å². The van der Waals surface area contributed by atoms with Crippen molar-refractivity contribution in [3.63, 3.8) is 0 Å². The quantitative estimate of drug-likeness (QED) is 0.727. The zero-order valence-electron chi connectivity index (χ0n) is 11.2. The van der Waals surface area contributed by atoms with Gasteiger partial charge in [-0.25, -0.2) is 4.98 Å². The highest BCUT2D eigenvalue weighted by molar-refractivity contribution is 4.97. The van der Waals surface area contributed by atoms with E-state index in [1.807, 2.05) is 12.5 Å². The zero-order chi connectivity index (χ0) is 12.7. The molecule has 1 aromatic heterocycles. The van der Waals surface area contributed by atoms with Gasteiger partial charge in [-0.15, -0.1) is 0 Å².